The van der Waals surface area contributed by atoms with Crippen molar-refractivity contribution in [1.82, 2.24) is 4.31 Å². The van der Waals surface area contributed by atoms with Gasteiger partial charge in [0.1, 0.15) is 0 Å². The SMILES string of the molecule is CC(C)CCS(=O)(=O)N1CCCCC1CCCl. The molecule has 0 amide bonds. The molecule has 102 valence electrons. The van der Waals surface area contributed by atoms with E-state index < -0.39 is 10.0 Å². The van der Waals surface area contributed by atoms with Crippen molar-refractivity contribution in [2.45, 2.75) is 52.0 Å². The summed E-state index contributed by atoms with van der Waals surface area (Å²) in [5, 5.41) is 0. The highest BCUT2D eigenvalue weighted by molar-refractivity contribution is 7.89. The number of hydrogen-bond donors (Lipinski definition) is 0. The molecule has 0 N–H and O–H groups in total. The van der Waals surface area contributed by atoms with Gasteiger partial charge in [0.15, 0.2) is 0 Å². The van der Waals surface area contributed by atoms with Crippen LogP contribution >= 0.6 is 11.6 Å². The summed E-state index contributed by atoms with van der Waals surface area (Å²) >= 11 is 5.76. The van der Waals surface area contributed by atoms with Crippen molar-refractivity contribution < 1.29 is 8.42 Å². The lowest BCUT2D eigenvalue weighted by molar-refractivity contribution is 0.247. The molecule has 0 spiro atoms. The number of sulfonamides is 1. The molecule has 1 atom stereocenters. The molecule has 5 heteroatoms. The van der Waals surface area contributed by atoms with Gasteiger partial charge < -0.3 is 0 Å². The molecule has 0 saturated carbocycles. The quantitative estimate of drug-likeness (QED) is 0.702. The van der Waals surface area contributed by atoms with Crippen LogP contribution in [0.1, 0.15) is 46.0 Å². The average molecular weight is 282 g/mol. The Morgan fingerprint density at radius 2 is 2.06 bits per heavy atom. The van der Waals surface area contributed by atoms with Crippen LogP contribution in [0, 0.1) is 5.92 Å². The van der Waals surface area contributed by atoms with Gasteiger partial charge in [-0.15, -0.1) is 11.6 Å². The van der Waals surface area contributed by atoms with E-state index in [1.165, 1.54) is 0 Å². The third-order valence-corrected chi connectivity index (χ3v) is 5.49. The molecule has 0 aromatic heterocycles. The van der Waals surface area contributed by atoms with Gasteiger partial charge in [0.2, 0.25) is 10.0 Å². The summed E-state index contributed by atoms with van der Waals surface area (Å²) in [5.74, 6) is 1.26. The third-order valence-electron chi connectivity index (χ3n) is 3.33. The summed E-state index contributed by atoms with van der Waals surface area (Å²) in [6, 6.07) is 0.137. The summed E-state index contributed by atoms with van der Waals surface area (Å²) in [4.78, 5) is 0. The molecule has 17 heavy (non-hydrogen) atoms. The number of rotatable bonds is 6. The maximum Gasteiger partial charge on any atom is 0.214 e. The molecular formula is C12H24ClNO2S. The Labute approximate surface area is 111 Å². The lowest BCUT2D eigenvalue weighted by Crippen LogP contribution is -2.45. The summed E-state index contributed by atoms with van der Waals surface area (Å²) in [6.07, 6.45) is 4.60. The van der Waals surface area contributed by atoms with E-state index in [2.05, 4.69) is 13.8 Å². The van der Waals surface area contributed by atoms with Gasteiger partial charge >= 0.3 is 0 Å². The summed E-state index contributed by atoms with van der Waals surface area (Å²) in [6.45, 7) is 4.80. The first-order chi connectivity index (χ1) is 7.97. The lowest BCUT2D eigenvalue weighted by Gasteiger charge is -2.34. The molecule has 1 unspecified atom stereocenters. The second-order valence-electron chi connectivity index (χ2n) is 5.24. The van der Waals surface area contributed by atoms with Crippen LogP contribution in [0.3, 0.4) is 0 Å². The van der Waals surface area contributed by atoms with Crippen LogP contribution in [-0.2, 0) is 10.0 Å². The van der Waals surface area contributed by atoms with Crippen LogP contribution in [0.15, 0.2) is 0 Å². The number of nitrogens with zero attached hydrogens (tertiary/aromatic N) is 1. The first-order valence-corrected chi connectivity index (χ1v) is 8.67. The Morgan fingerprint density at radius 3 is 2.65 bits per heavy atom. The number of piperidine rings is 1. The van der Waals surface area contributed by atoms with Crippen molar-refractivity contribution in [3.63, 3.8) is 0 Å². The van der Waals surface area contributed by atoms with Gasteiger partial charge in [0, 0.05) is 18.5 Å². The van der Waals surface area contributed by atoms with E-state index in [4.69, 9.17) is 11.6 Å². The van der Waals surface area contributed by atoms with E-state index in [0.717, 1.165) is 32.1 Å². The van der Waals surface area contributed by atoms with Crippen LogP contribution < -0.4 is 0 Å². The molecule has 0 aliphatic carbocycles. The minimum absolute atomic E-state index is 0.137. The van der Waals surface area contributed by atoms with Crippen molar-refractivity contribution in [1.29, 1.82) is 0 Å². The summed E-state index contributed by atoms with van der Waals surface area (Å²) in [7, 11) is -3.08. The molecule has 0 aromatic rings. The standard InChI is InChI=1S/C12H24ClNO2S/c1-11(2)7-10-17(15,16)14-9-4-3-5-12(14)6-8-13/h11-12H,3-10H2,1-2H3. The molecule has 0 aromatic carbocycles. The zero-order valence-corrected chi connectivity index (χ0v) is 12.4. The molecule has 1 fully saturated rings. The van der Waals surface area contributed by atoms with Crippen molar-refractivity contribution >= 4 is 21.6 Å². The second-order valence-corrected chi connectivity index (χ2v) is 7.66. The van der Waals surface area contributed by atoms with Crippen LogP contribution in [-0.4, -0.2) is 36.9 Å². The predicted molar refractivity (Wildman–Crippen MR) is 72.9 cm³/mol. The van der Waals surface area contributed by atoms with Gasteiger partial charge in [-0.1, -0.05) is 20.3 Å². The number of hydrogen-bond acceptors (Lipinski definition) is 2. The second kappa shape index (κ2) is 6.95. The van der Waals surface area contributed by atoms with Gasteiger partial charge in [-0.2, -0.15) is 4.31 Å². The van der Waals surface area contributed by atoms with Gasteiger partial charge in [0.05, 0.1) is 5.75 Å². The Balaban J connectivity index is 2.65. The first kappa shape index (κ1) is 15.3. The van der Waals surface area contributed by atoms with E-state index >= 15 is 0 Å². The van der Waals surface area contributed by atoms with Crippen LogP contribution in [0.4, 0.5) is 0 Å². The van der Waals surface area contributed by atoms with Gasteiger partial charge in [0.25, 0.3) is 0 Å². The highest BCUT2D eigenvalue weighted by Crippen LogP contribution is 2.24. The molecule has 1 saturated heterocycles. The van der Waals surface area contributed by atoms with Gasteiger partial charge in [-0.3, -0.25) is 0 Å². The lowest BCUT2D eigenvalue weighted by atomic mass is 10.0. The van der Waals surface area contributed by atoms with Crippen LogP contribution in [0.25, 0.3) is 0 Å². The molecule has 1 aliphatic heterocycles. The Hall–Kier alpha value is 0.200. The van der Waals surface area contributed by atoms with Crippen LogP contribution in [0.5, 0.6) is 0 Å². The van der Waals surface area contributed by atoms with Crippen molar-refractivity contribution in [3.8, 4) is 0 Å². The van der Waals surface area contributed by atoms with E-state index in [0.29, 0.717) is 18.3 Å². The predicted octanol–water partition coefficient (Wildman–Crippen LogP) is 2.85. The van der Waals surface area contributed by atoms with E-state index in [1.807, 2.05) is 0 Å². The van der Waals surface area contributed by atoms with Crippen molar-refractivity contribution in [3.05, 3.63) is 0 Å². The number of halogens is 1. The zero-order valence-electron chi connectivity index (χ0n) is 10.9. The largest absolute Gasteiger partial charge is 0.214 e. The molecule has 1 rings (SSSR count). The molecule has 1 aliphatic rings. The third kappa shape index (κ3) is 4.76. The summed E-state index contributed by atoms with van der Waals surface area (Å²) < 4.78 is 26.2. The fraction of sp³-hybridized carbons (Fsp3) is 1.00. The smallest absolute Gasteiger partial charge is 0.212 e. The van der Waals surface area contributed by atoms with Crippen molar-refractivity contribution in [2.75, 3.05) is 18.2 Å². The van der Waals surface area contributed by atoms with E-state index in [-0.39, 0.29) is 11.8 Å². The fourth-order valence-electron chi connectivity index (χ4n) is 2.26. The first-order valence-electron chi connectivity index (χ1n) is 6.53. The molecule has 1 heterocycles. The highest BCUT2D eigenvalue weighted by Gasteiger charge is 2.31. The average Bonchev–Trinajstić information content (AvgIpc) is 2.28. The molecule has 0 radical (unpaired) electrons. The molecular weight excluding hydrogens is 258 g/mol. The highest BCUT2D eigenvalue weighted by atomic mass is 35.5. The number of alkyl halides is 1. The zero-order chi connectivity index (χ0) is 12.9. The summed E-state index contributed by atoms with van der Waals surface area (Å²) in [5.41, 5.74) is 0. The normalized spacial score (nSPS) is 23.2. The maximum absolute atomic E-state index is 12.3. The Bertz CT molecular complexity index is 314. The fourth-order valence-corrected chi connectivity index (χ4v) is 4.58. The minimum atomic E-state index is -3.08. The topological polar surface area (TPSA) is 37.4 Å². The van der Waals surface area contributed by atoms with E-state index in [1.54, 1.807) is 4.31 Å². The monoisotopic (exact) mass is 281 g/mol. The van der Waals surface area contributed by atoms with Crippen LogP contribution in [0.2, 0.25) is 0 Å². The Morgan fingerprint density at radius 1 is 1.35 bits per heavy atom. The minimum Gasteiger partial charge on any atom is -0.212 e. The molecule has 0 bridgehead atoms. The molecule has 3 nitrogen and oxygen atoms in total. The Kier molecular flexibility index (Phi) is 6.24. The maximum atomic E-state index is 12.3. The van der Waals surface area contributed by atoms with Gasteiger partial charge in [-0.05, 0) is 31.6 Å². The van der Waals surface area contributed by atoms with Crippen molar-refractivity contribution in [2.24, 2.45) is 5.92 Å². The van der Waals surface area contributed by atoms with Gasteiger partial charge in [-0.25, -0.2) is 8.42 Å². The van der Waals surface area contributed by atoms with E-state index in [9.17, 15) is 8.42 Å².